The molecule has 25 heavy (non-hydrogen) atoms. The molecule has 1 saturated carbocycles. The van der Waals surface area contributed by atoms with Crippen LogP contribution in [0.25, 0.3) is 0 Å². The zero-order valence-corrected chi connectivity index (χ0v) is 16.4. The van der Waals surface area contributed by atoms with Crippen molar-refractivity contribution in [3.8, 4) is 0 Å². The summed E-state index contributed by atoms with van der Waals surface area (Å²) in [6.45, 7) is 2.05. The van der Waals surface area contributed by atoms with E-state index in [9.17, 15) is 17.6 Å². The van der Waals surface area contributed by atoms with Gasteiger partial charge in [-0.25, -0.2) is 8.78 Å². The van der Waals surface area contributed by atoms with Crippen LogP contribution < -0.4 is 0 Å². The van der Waals surface area contributed by atoms with Gasteiger partial charge in [0.25, 0.3) is 0 Å². The van der Waals surface area contributed by atoms with E-state index in [0.29, 0.717) is 5.92 Å². The maximum atomic E-state index is 13.8. The van der Waals surface area contributed by atoms with Crippen molar-refractivity contribution in [2.45, 2.75) is 62.1 Å². The molecular weight excluding hydrogens is 447 g/mol. The standard InChI is InChI=1S/C19H23F4IO/c1-2-3-4-5-13-6-8-15(9-7-13)25-12-14-10-16(20)18(17(21)11-14)19(22,23)24/h2-3,10-11,13,15H,4-9,12H2,1H3/b3-2+. The van der Waals surface area contributed by atoms with Crippen molar-refractivity contribution in [1.29, 1.82) is 0 Å². The molecule has 0 amide bonds. The molecule has 0 bridgehead atoms. The molecule has 0 saturated heterocycles. The Labute approximate surface area is 160 Å². The monoisotopic (exact) mass is 470 g/mol. The minimum atomic E-state index is -3.57. The van der Waals surface area contributed by atoms with Gasteiger partial charge in [0.05, 0.1) is 12.7 Å². The Bertz CT molecular complexity index is 567. The van der Waals surface area contributed by atoms with E-state index in [1.807, 2.05) is 6.92 Å². The number of benzene rings is 1. The van der Waals surface area contributed by atoms with E-state index in [1.165, 1.54) is 6.42 Å². The van der Waals surface area contributed by atoms with Crippen LogP contribution in [-0.4, -0.2) is 6.10 Å². The Morgan fingerprint density at radius 3 is 2.28 bits per heavy atom. The predicted octanol–water partition coefficient (Wildman–Crippen LogP) is 6.88. The Hall–Kier alpha value is -0.630. The molecule has 140 valence electrons. The predicted molar refractivity (Wildman–Crippen MR) is 98.9 cm³/mol. The topological polar surface area (TPSA) is 9.23 Å². The van der Waals surface area contributed by atoms with Crippen LogP contribution in [0.1, 0.15) is 56.6 Å². The van der Waals surface area contributed by atoms with Gasteiger partial charge in [0.1, 0.15) is 17.2 Å². The second-order valence-electron chi connectivity index (χ2n) is 6.53. The van der Waals surface area contributed by atoms with E-state index >= 15 is 0 Å². The highest BCUT2D eigenvalue weighted by molar-refractivity contribution is 14.1. The Morgan fingerprint density at radius 2 is 1.76 bits per heavy atom. The van der Waals surface area contributed by atoms with E-state index < -0.39 is 21.1 Å². The summed E-state index contributed by atoms with van der Waals surface area (Å²) >= 11 is 0.727. The fourth-order valence-electron chi connectivity index (χ4n) is 3.28. The highest BCUT2D eigenvalue weighted by Crippen LogP contribution is 2.39. The molecule has 1 aromatic rings. The van der Waals surface area contributed by atoms with Gasteiger partial charge in [0.2, 0.25) is 0 Å². The van der Waals surface area contributed by atoms with Crippen molar-refractivity contribution in [1.82, 2.24) is 0 Å². The fourth-order valence-corrected chi connectivity index (χ4v) is 3.79. The number of rotatable bonds is 7. The zero-order valence-electron chi connectivity index (χ0n) is 14.2. The number of halogens is 5. The maximum Gasteiger partial charge on any atom is 0.327 e. The van der Waals surface area contributed by atoms with Crippen molar-refractivity contribution in [3.63, 3.8) is 0 Å². The van der Waals surface area contributed by atoms with E-state index in [0.717, 1.165) is 66.8 Å². The average Bonchev–Trinajstić information content (AvgIpc) is 2.52. The molecule has 1 aromatic carbocycles. The summed E-state index contributed by atoms with van der Waals surface area (Å²) in [5, 5.41) is 0. The summed E-state index contributed by atoms with van der Waals surface area (Å²) in [6, 6.07) is 1.88. The number of allylic oxidation sites excluding steroid dienone is 2. The van der Waals surface area contributed by atoms with Crippen LogP contribution in [0.15, 0.2) is 24.3 Å². The highest BCUT2D eigenvalue weighted by atomic mass is 127. The first-order chi connectivity index (χ1) is 11.8. The average molecular weight is 470 g/mol. The maximum absolute atomic E-state index is 13.8. The van der Waals surface area contributed by atoms with Gasteiger partial charge < -0.3 is 4.74 Å². The molecule has 1 nitrogen and oxygen atoms in total. The number of alkyl halides is 3. The largest absolute Gasteiger partial charge is 0.374 e. The summed E-state index contributed by atoms with van der Waals surface area (Å²) in [5.74, 6) is -1.76. The van der Waals surface area contributed by atoms with Gasteiger partial charge in [-0.15, -0.1) is 0 Å². The molecule has 0 atom stereocenters. The molecule has 0 aromatic heterocycles. The van der Waals surface area contributed by atoms with Crippen molar-refractivity contribution in [2.24, 2.45) is 5.92 Å². The van der Waals surface area contributed by atoms with Gasteiger partial charge in [-0.1, -0.05) is 12.2 Å². The molecule has 0 aliphatic heterocycles. The third kappa shape index (κ3) is 6.24. The lowest BCUT2D eigenvalue weighted by Crippen LogP contribution is -2.21. The van der Waals surface area contributed by atoms with Crippen molar-refractivity contribution in [3.05, 3.63) is 47.0 Å². The molecule has 0 spiro atoms. The summed E-state index contributed by atoms with van der Waals surface area (Å²) in [5.41, 5.74) is -0.951. The molecule has 1 fully saturated rings. The van der Waals surface area contributed by atoms with Gasteiger partial charge in [-0.2, -0.15) is 8.78 Å². The van der Waals surface area contributed by atoms with Gasteiger partial charge in [0, 0.05) is 22.6 Å². The Balaban J connectivity index is 1.85. The molecule has 0 heterocycles. The lowest BCUT2D eigenvalue weighted by atomic mass is 9.84. The first-order valence-corrected chi connectivity index (χ1v) is 9.67. The quantitative estimate of drug-likeness (QED) is 0.183. The Morgan fingerprint density at radius 1 is 1.16 bits per heavy atom. The van der Waals surface area contributed by atoms with Gasteiger partial charge in [-0.3, -0.25) is 0 Å². The molecule has 0 radical (unpaired) electrons. The molecule has 0 N–H and O–H groups in total. The lowest BCUT2D eigenvalue weighted by molar-refractivity contribution is 0.00617. The summed E-state index contributed by atoms with van der Waals surface area (Å²) in [4.78, 5) is 0. The number of hydrogen-bond acceptors (Lipinski definition) is 1. The van der Waals surface area contributed by atoms with Crippen LogP contribution in [0.2, 0.25) is 0 Å². The normalized spacial score (nSPS) is 21.8. The second-order valence-corrected chi connectivity index (χ2v) is 7.89. The minimum absolute atomic E-state index is 0.0366. The van der Waals surface area contributed by atoms with Crippen LogP contribution in [0.5, 0.6) is 0 Å². The first-order valence-electron chi connectivity index (χ1n) is 8.59. The second kappa shape index (κ2) is 9.35. The SMILES string of the molecule is C/C=C/CCC1CCC(OCc2cc(F)c(C(F)(F)I)c(F)c2)CC1. The van der Waals surface area contributed by atoms with E-state index in [4.69, 9.17) is 4.74 Å². The third-order valence-corrected chi connectivity index (χ3v) is 5.18. The molecular formula is C19H23F4IO. The van der Waals surface area contributed by atoms with Crippen molar-refractivity contribution < 1.29 is 22.3 Å². The molecule has 1 aliphatic rings. The van der Waals surface area contributed by atoms with Gasteiger partial charge in [0.15, 0.2) is 0 Å². The highest BCUT2D eigenvalue weighted by Gasteiger charge is 2.34. The van der Waals surface area contributed by atoms with Gasteiger partial charge in [-0.05, 0) is 69.1 Å². The molecule has 0 unspecified atom stereocenters. The first kappa shape index (κ1) is 20.7. The van der Waals surface area contributed by atoms with Gasteiger partial charge >= 0.3 is 3.93 Å². The molecule has 2 rings (SSSR count). The fraction of sp³-hybridized carbons (Fsp3) is 0.579. The summed E-state index contributed by atoms with van der Waals surface area (Å²) < 4.78 is 56.1. The number of ether oxygens (including phenoxy) is 1. The lowest BCUT2D eigenvalue weighted by Gasteiger charge is -2.28. The third-order valence-electron chi connectivity index (χ3n) is 4.64. The summed E-state index contributed by atoms with van der Waals surface area (Å²) in [6.07, 6.45) is 10.6. The van der Waals surface area contributed by atoms with Crippen LogP contribution >= 0.6 is 22.6 Å². The van der Waals surface area contributed by atoms with Crippen molar-refractivity contribution >= 4 is 22.6 Å². The van der Waals surface area contributed by atoms with E-state index in [2.05, 4.69) is 12.2 Å². The van der Waals surface area contributed by atoms with Crippen molar-refractivity contribution in [2.75, 3.05) is 0 Å². The molecule has 1 aliphatic carbocycles. The zero-order chi connectivity index (χ0) is 18.4. The van der Waals surface area contributed by atoms with Crippen LogP contribution in [0.3, 0.4) is 0 Å². The van der Waals surface area contributed by atoms with Crippen LogP contribution in [0.4, 0.5) is 17.6 Å². The van der Waals surface area contributed by atoms with E-state index in [1.54, 1.807) is 0 Å². The summed E-state index contributed by atoms with van der Waals surface area (Å²) in [7, 11) is 0. The van der Waals surface area contributed by atoms with Crippen LogP contribution in [-0.2, 0) is 15.3 Å². The van der Waals surface area contributed by atoms with E-state index in [-0.39, 0.29) is 18.3 Å². The number of hydrogen-bond donors (Lipinski definition) is 0. The van der Waals surface area contributed by atoms with Crippen LogP contribution in [0, 0.1) is 17.6 Å². The minimum Gasteiger partial charge on any atom is -0.374 e. The molecule has 6 heteroatoms. The smallest absolute Gasteiger partial charge is 0.327 e. The Kier molecular flexibility index (Phi) is 7.73.